The van der Waals surface area contributed by atoms with Crippen LogP contribution in [0.4, 0.5) is 0 Å². The van der Waals surface area contributed by atoms with Crippen LogP contribution in [0, 0.1) is 23.7 Å². The molecule has 0 saturated heterocycles. The molecule has 2 aliphatic carbocycles. The molecule has 0 heterocycles. The molecular formula is C41H73MgNaO8. The Balaban J connectivity index is 0.0000125. The fourth-order valence-corrected chi connectivity index (χ4v) is 7.45. The molecule has 0 spiro atoms. The summed E-state index contributed by atoms with van der Waals surface area (Å²) < 4.78 is 12.1. The number of carboxylic acids is 1. The van der Waals surface area contributed by atoms with Crippen molar-refractivity contribution in [3.05, 3.63) is 23.8 Å². The molecule has 0 aliphatic heterocycles. The Kier molecular flexibility index (Phi) is 29.6. The number of hydrogen-bond acceptors (Lipinski definition) is 7. The van der Waals surface area contributed by atoms with Crippen LogP contribution in [-0.2, 0) is 23.9 Å². The molecule has 10 heteroatoms. The van der Waals surface area contributed by atoms with E-state index in [1.54, 1.807) is 0 Å². The molecule has 0 amide bonds. The summed E-state index contributed by atoms with van der Waals surface area (Å²) in [7, 11) is 0. The van der Waals surface area contributed by atoms with E-state index in [4.69, 9.17) is 14.6 Å². The molecule has 2 rings (SSSR count). The van der Waals surface area contributed by atoms with Gasteiger partial charge in [0.2, 0.25) is 0 Å². The Labute approximate surface area is 348 Å². The summed E-state index contributed by atoms with van der Waals surface area (Å²) in [6, 6.07) is 0. The van der Waals surface area contributed by atoms with E-state index in [9.17, 15) is 24.6 Å². The number of carbonyl (C=O) groups excluding carboxylic acids is 2. The van der Waals surface area contributed by atoms with Gasteiger partial charge in [0.25, 0.3) is 0 Å². The minimum absolute atomic E-state index is 0. The Morgan fingerprint density at radius 1 is 0.843 bits per heavy atom. The number of carbonyl (C=O) groups is 3. The van der Waals surface area contributed by atoms with Crippen LogP contribution < -0.4 is 0 Å². The van der Waals surface area contributed by atoms with Crippen LogP contribution in [0.5, 0.6) is 0 Å². The third-order valence-electron chi connectivity index (χ3n) is 10.7. The van der Waals surface area contributed by atoms with Crippen LogP contribution in [-0.4, -0.2) is 110 Å². The van der Waals surface area contributed by atoms with Gasteiger partial charge in [-0.2, -0.15) is 0 Å². The van der Waals surface area contributed by atoms with Crippen molar-refractivity contribution in [3.8, 4) is 0 Å². The number of carboxylic acid groups (broad SMARTS) is 1. The molecule has 8 atom stereocenters. The average Bonchev–Trinajstić information content (AvgIpc) is 3.05. The number of fused-ring (bicyclic) bond motifs is 1. The predicted molar refractivity (Wildman–Crippen MR) is 211 cm³/mol. The zero-order valence-electron chi connectivity index (χ0n) is 31.3. The molecule has 2 aliphatic rings. The van der Waals surface area contributed by atoms with Crippen molar-refractivity contribution in [2.75, 3.05) is 0 Å². The molecule has 0 aromatic rings. The first-order chi connectivity index (χ1) is 23.5. The molecular weight excluding hydrogens is 668 g/mol. The third kappa shape index (κ3) is 21.3. The maximum atomic E-state index is 13.0. The zero-order chi connectivity index (χ0) is 36.0. The zero-order valence-corrected chi connectivity index (χ0v) is 31.3. The van der Waals surface area contributed by atoms with Gasteiger partial charge in [0.05, 0.1) is 24.5 Å². The van der Waals surface area contributed by atoms with Gasteiger partial charge in [-0.1, -0.05) is 130 Å². The molecule has 8 nitrogen and oxygen atoms in total. The summed E-state index contributed by atoms with van der Waals surface area (Å²) in [6.07, 6.45) is 24.5. The first-order valence-corrected chi connectivity index (χ1v) is 19.9. The number of unbranched alkanes of at least 4 members (excludes halogenated alkanes) is 14. The van der Waals surface area contributed by atoms with Crippen LogP contribution in [0.1, 0.15) is 169 Å². The molecule has 0 aromatic carbocycles. The van der Waals surface area contributed by atoms with Gasteiger partial charge in [0.1, 0.15) is 12.2 Å². The van der Waals surface area contributed by atoms with Gasteiger partial charge in [-0.15, -0.1) is 0 Å². The van der Waals surface area contributed by atoms with Gasteiger partial charge in [-0.3, -0.25) is 14.4 Å². The predicted octanol–water partition coefficient (Wildman–Crippen LogP) is 7.69. The monoisotopic (exact) mass is 741 g/mol. The Hall–Kier alpha value is -0.424. The molecule has 288 valence electrons. The van der Waals surface area contributed by atoms with Crippen LogP contribution in [0.15, 0.2) is 23.8 Å². The summed E-state index contributed by atoms with van der Waals surface area (Å²) in [5, 5.41) is 29.5. The summed E-state index contributed by atoms with van der Waals surface area (Å²) in [4.78, 5) is 36.8. The summed E-state index contributed by atoms with van der Waals surface area (Å²) in [6.45, 7) is 8.19. The SMILES string of the molecule is CCCCCCCCCCCCCCCCCC(=O)O[C@@H]1C=C2C=C[C@H](C)[C@H](CC[C@@H](O)C[C@@H](O)CC(=O)O)[C@H]2[C@@H](OC(=O)[C@@H](C)CC)C1.[MgH2].[NaH]. The average molecular weight is 741 g/mol. The van der Waals surface area contributed by atoms with Crippen molar-refractivity contribution in [1.82, 2.24) is 0 Å². The van der Waals surface area contributed by atoms with E-state index in [0.29, 0.717) is 32.1 Å². The second kappa shape index (κ2) is 29.9. The van der Waals surface area contributed by atoms with Crippen molar-refractivity contribution < 1.29 is 39.2 Å². The van der Waals surface area contributed by atoms with Crippen LogP contribution in [0.3, 0.4) is 0 Å². The van der Waals surface area contributed by atoms with Gasteiger partial charge in [-0.05, 0) is 55.6 Å². The molecule has 0 unspecified atom stereocenters. The minimum atomic E-state index is -1.10. The molecule has 0 fully saturated rings. The fraction of sp³-hybridized carbons (Fsp3) is 0.829. The molecule has 3 N–H and O–H groups in total. The number of hydrogen-bond donors (Lipinski definition) is 3. The van der Waals surface area contributed by atoms with Gasteiger partial charge < -0.3 is 24.8 Å². The summed E-state index contributed by atoms with van der Waals surface area (Å²) in [5.41, 5.74) is 0.987. The quantitative estimate of drug-likeness (QED) is 0.0444. The number of ether oxygens (including phenoxy) is 2. The van der Waals surface area contributed by atoms with Crippen molar-refractivity contribution in [1.29, 1.82) is 0 Å². The van der Waals surface area contributed by atoms with E-state index in [1.807, 2.05) is 19.9 Å². The van der Waals surface area contributed by atoms with E-state index in [-0.39, 0.29) is 94.6 Å². The standard InChI is InChI=1S/C41H70O8.Mg.Na.3H/c1-5-7-8-9-10-11-12-13-14-15-16-17-18-19-20-21-39(46)48-35-26-32-23-22-31(4)36(25-24-33(42)27-34(43)28-38(44)45)40(32)37(29-35)49-41(47)30(3)6-2;;;;;/h22-23,26,30-31,33-37,40,42-43H,5-21,24-25,27-29H2,1-4H3,(H,44,45);;;;;/t30-,31-,33+,34+,35+,36-,37-,40-;;;;;/m0...../s1. The van der Waals surface area contributed by atoms with Crippen LogP contribution in [0.25, 0.3) is 0 Å². The first kappa shape index (κ1) is 50.6. The van der Waals surface area contributed by atoms with Crippen molar-refractivity contribution in [3.63, 3.8) is 0 Å². The fourth-order valence-electron chi connectivity index (χ4n) is 7.45. The number of aliphatic hydroxyl groups excluding tert-OH is 2. The number of esters is 2. The molecule has 0 aromatic heterocycles. The van der Waals surface area contributed by atoms with E-state index < -0.39 is 36.8 Å². The van der Waals surface area contributed by atoms with Crippen molar-refractivity contribution in [2.45, 2.75) is 193 Å². The number of aliphatic carboxylic acids is 1. The Bertz CT molecular complexity index is 1020. The molecule has 0 bridgehead atoms. The second-order valence-corrected chi connectivity index (χ2v) is 15.0. The maximum absolute atomic E-state index is 13.0. The van der Waals surface area contributed by atoms with E-state index in [2.05, 4.69) is 26.0 Å². The number of allylic oxidation sites excluding steroid dienone is 2. The van der Waals surface area contributed by atoms with Crippen molar-refractivity contribution in [2.24, 2.45) is 23.7 Å². The van der Waals surface area contributed by atoms with Gasteiger partial charge in [-0.25, -0.2) is 0 Å². The topological polar surface area (TPSA) is 130 Å². The molecule has 51 heavy (non-hydrogen) atoms. The summed E-state index contributed by atoms with van der Waals surface area (Å²) in [5.74, 6) is -1.69. The summed E-state index contributed by atoms with van der Waals surface area (Å²) >= 11 is 0. The second-order valence-electron chi connectivity index (χ2n) is 15.0. The number of rotatable bonds is 27. The Morgan fingerprint density at radius 2 is 1.39 bits per heavy atom. The van der Waals surface area contributed by atoms with Gasteiger partial charge >= 0.3 is 70.5 Å². The normalized spacial score (nSPS) is 22.7. The van der Waals surface area contributed by atoms with E-state index in [0.717, 1.165) is 24.8 Å². The van der Waals surface area contributed by atoms with E-state index in [1.165, 1.54) is 77.0 Å². The van der Waals surface area contributed by atoms with Gasteiger partial charge in [0, 0.05) is 18.8 Å². The third-order valence-corrected chi connectivity index (χ3v) is 10.7. The van der Waals surface area contributed by atoms with Crippen molar-refractivity contribution >= 4 is 70.5 Å². The van der Waals surface area contributed by atoms with Crippen LogP contribution in [0.2, 0.25) is 0 Å². The van der Waals surface area contributed by atoms with Gasteiger partial charge in [0.15, 0.2) is 0 Å². The molecule has 0 saturated carbocycles. The molecule has 0 radical (unpaired) electrons. The number of aliphatic hydroxyl groups is 2. The first-order valence-electron chi connectivity index (χ1n) is 19.9. The van der Waals surface area contributed by atoms with Crippen LogP contribution >= 0.6 is 0 Å². The van der Waals surface area contributed by atoms with E-state index >= 15 is 0 Å². The Morgan fingerprint density at radius 3 is 1.92 bits per heavy atom.